The number of aromatic nitrogens is 2. The molecule has 0 atom stereocenters. The van der Waals surface area contributed by atoms with Crippen LogP contribution in [0.5, 0.6) is 0 Å². The van der Waals surface area contributed by atoms with Gasteiger partial charge in [-0.05, 0) is 64.7 Å². The second kappa shape index (κ2) is 7.16. The molecule has 9 aromatic rings. The van der Waals surface area contributed by atoms with Crippen molar-refractivity contribution in [1.82, 2.24) is 8.97 Å². The number of rotatable bonds is 1. The number of nitrogens with zero attached hydrogens (tertiary/aromatic N) is 2. The molecule has 0 amide bonds. The molecule has 41 heavy (non-hydrogen) atoms. The maximum Gasteiger partial charge on any atom is 0.0624 e. The van der Waals surface area contributed by atoms with E-state index in [0.29, 0.717) is 0 Å². The Morgan fingerprint density at radius 2 is 1.17 bits per heavy atom. The van der Waals surface area contributed by atoms with Crippen LogP contribution in [0.25, 0.3) is 76.7 Å². The summed E-state index contributed by atoms with van der Waals surface area (Å²) in [6.45, 7) is 4.82. The highest BCUT2D eigenvalue weighted by Crippen LogP contribution is 2.55. The van der Waals surface area contributed by atoms with Crippen molar-refractivity contribution in [2.75, 3.05) is 0 Å². The van der Waals surface area contributed by atoms with Gasteiger partial charge in [0.05, 0.1) is 27.6 Å². The monoisotopic (exact) mass is 522 g/mol. The molecule has 3 aromatic heterocycles. The minimum absolute atomic E-state index is 0.0919. The Hall–Kier alpha value is -5.08. The zero-order valence-electron chi connectivity index (χ0n) is 22.9. The highest BCUT2D eigenvalue weighted by atomic mass is 15.0. The lowest BCUT2D eigenvalue weighted by Crippen LogP contribution is -2.15. The molecule has 2 nitrogen and oxygen atoms in total. The first-order valence-electron chi connectivity index (χ1n) is 14.5. The van der Waals surface area contributed by atoms with Crippen LogP contribution >= 0.6 is 0 Å². The zero-order chi connectivity index (χ0) is 27.0. The molecule has 0 spiro atoms. The third kappa shape index (κ3) is 2.46. The first-order chi connectivity index (χ1) is 20.1. The van der Waals surface area contributed by atoms with Crippen molar-refractivity contribution in [3.05, 3.63) is 132 Å². The maximum absolute atomic E-state index is 2.54. The van der Waals surface area contributed by atoms with Gasteiger partial charge in [0.25, 0.3) is 0 Å². The average Bonchev–Trinajstić information content (AvgIpc) is 3.69. The minimum atomic E-state index is -0.0919. The molecule has 2 heteroatoms. The first-order valence-corrected chi connectivity index (χ1v) is 14.5. The van der Waals surface area contributed by atoms with Gasteiger partial charge < -0.3 is 8.97 Å². The molecular weight excluding hydrogens is 496 g/mol. The minimum Gasteiger partial charge on any atom is -0.309 e. The van der Waals surface area contributed by atoms with E-state index in [0.717, 1.165) is 0 Å². The summed E-state index contributed by atoms with van der Waals surface area (Å²) in [6.07, 6.45) is 0. The van der Waals surface area contributed by atoms with Gasteiger partial charge in [0.2, 0.25) is 0 Å². The van der Waals surface area contributed by atoms with Gasteiger partial charge in [0.15, 0.2) is 0 Å². The summed E-state index contributed by atoms with van der Waals surface area (Å²) in [6, 6.07) is 45.0. The fourth-order valence-corrected chi connectivity index (χ4v) is 8.14. The quantitative estimate of drug-likeness (QED) is 0.203. The summed E-state index contributed by atoms with van der Waals surface area (Å²) in [5.41, 5.74) is 13.1. The highest BCUT2D eigenvalue weighted by Gasteiger charge is 2.39. The van der Waals surface area contributed by atoms with E-state index in [1.807, 2.05) is 0 Å². The summed E-state index contributed by atoms with van der Waals surface area (Å²) >= 11 is 0. The molecule has 0 saturated heterocycles. The van der Waals surface area contributed by atoms with E-state index in [1.54, 1.807) is 0 Å². The number of benzene rings is 6. The lowest BCUT2D eigenvalue weighted by Gasteiger charge is -2.22. The molecule has 0 N–H and O–H groups in total. The number of fused-ring (bicyclic) bond motifs is 13. The van der Waals surface area contributed by atoms with Crippen LogP contribution in [-0.4, -0.2) is 8.97 Å². The van der Waals surface area contributed by atoms with Gasteiger partial charge in [-0.2, -0.15) is 0 Å². The van der Waals surface area contributed by atoms with E-state index >= 15 is 0 Å². The van der Waals surface area contributed by atoms with Gasteiger partial charge in [-0.3, -0.25) is 0 Å². The number of para-hydroxylation sites is 3. The predicted molar refractivity (Wildman–Crippen MR) is 173 cm³/mol. The van der Waals surface area contributed by atoms with Gasteiger partial charge in [0.1, 0.15) is 0 Å². The molecule has 1 aliphatic rings. The van der Waals surface area contributed by atoms with Gasteiger partial charge in [-0.15, -0.1) is 0 Å². The van der Waals surface area contributed by atoms with Crippen LogP contribution in [0.2, 0.25) is 0 Å². The van der Waals surface area contributed by atoms with Gasteiger partial charge >= 0.3 is 0 Å². The van der Waals surface area contributed by atoms with Crippen molar-refractivity contribution in [1.29, 1.82) is 0 Å². The van der Waals surface area contributed by atoms with Gasteiger partial charge in [-0.25, -0.2) is 0 Å². The summed E-state index contributed by atoms with van der Waals surface area (Å²) < 4.78 is 4.97. The van der Waals surface area contributed by atoms with Crippen LogP contribution in [0.4, 0.5) is 0 Å². The lowest BCUT2D eigenvalue weighted by molar-refractivity contribution is 0.667. The van der Waals surface area contributed by atoms with Crippen LogP contribution in [0.1, 0.15) is 25.0 Å². The Balaban J connectivity index is 1.49. The maximum atomic E-state index is 2.54. The molecule has 6 aromatic carbocycles. The van der Waals surface area contributed by atoms with Crippen molar-refractivity contribution in [3.8, 4) is 16.8 Å². The molecule has 0 radical (unpaired) electrons. The summed E-state index contributed by atoms with van der Waals surface area (Å²) in [5, 5.41) is 8.01. The zero-order valence-corrected chi connectivity index (χ0v) is 22.9. The van der Waals surface area contributed by atoms with E-state index in [4.69, 9.17) is 0 Å². The van der Waals surface area contributed by atoms with Crippen LogP contribution in [-0.2, 0) is 5.41 Å². The molecule has 192 valence electrons. The summed E-state index contributed by atoms with van der Waals surface area (Å²) in [7, 11) is 0. The van der Waals surface area contributed by atoms with E-state index < -0.39 is 0 Å². The summed E-state index contributed by atoms with van der Waals surface area (Å²) in [5.74, 6) is 0. The Morgan fingerprint density at radius 1 is 0.488 bits per heavy atom. The Morgan fingerprint density at radius 3 is 2.00 bits per heavy atom. The van der Waals surface area contributed by atoms with Crippen molar-refractivity contribution in [3.63, 3.8) is 0 Å². The van der Waals surface area contributed by atoms with E-state index in [2.05, 4.69) is 144 Å². The normalized spacial score (nSPS) is 14.3. The smallest absolute Gasteiger partial charge is 0.0624 e. The van der Waals surface area contributed by atoms with Crippen LogP contribution in [0.15, 0.2) is 121 Å². The van der Waals surface area contributed by atoms with Crippen LogP contribution < -0.4 is 0 Å². The number of hydrogen-bond acceptors (Lipinski definition) is 0. The molecule has 0 unspecified atom stereocenters. The Bertz CT molecular complexity index is 2540. The second-order valence-corrected chi connectivity index (χ2v) is 12.2. The van der Waals surface area contributed by atoms with Crippen molar-refractivity contribution < 1.29 is 0 Å². The molecule has 10 rings (SSSR count). The second-order valence-electron chi connectivity index (χ2n) is 12.2. The Labute approximate surface area is 237 Å². The fourth-order valence-electron chi connectivity index (χ4n) is 8.14. The van der Waals surface area contributed by atoms with Crippen LogP contribution in [0, 0.1) is 0 Å². The third-order valence-corrected chi connectivity index (χ3v) is 9.79. The molecular formula is C39H26N2. The SMILES string of the molecule is CC1(C)c2ccccc2-c2cc3c4ccccc4n4c5cc6c(cc5c(c21)c34)c1ccccc1n6-c1ccccc1. The largest absolute Gasteiger partial charge is 0.309 e. The molecule has 1 aliphatic carbocycles. The summed E-state index contributed by atoms with van der Waals surface area (Å²) in [4.78, 5) is 0. The van der Waals surface area contributed by atoms with E-state index in [9.17, 15) is 0 Å². The molecule has 0 saturated carbocycles. The van der Waals surface area contributed by atoms with Crippen molar-refractivity contribution in [2.24, 2.45) is 0 Å². The molecule has 0 bridgehead atoms. The van der Waals surface area contributed by atoms with E-state index in [1.165, 1.54) is 87.8 Å². The lowest BCUT2D eigenvalue weighted by atomic mass is 9.80. The first kappa shape index (κ1) is 21.7. The topological polar surface area (TPSA) is 9.34 Å². The molecule has 0 fully saturated rings. The fraction of sp³-hybridized carbons (Fsp3) is 0.0769. The molecule has 0 aliphatic heterocycles. The van der Waals surface area contributed by atoms with E-state index in [-0.39, 0.29) is 5.41 Å². The van der Waals surface area contributed by atoms with Crippen LogP contribution in [0.3, 0.4) is 0 Å². The van der Waals surface area contributed by atoms with Gasteiger partial charge in [0, 0.05) is 43.4 Å². The standard InChI is InChI=1S/C39H26N2/c1-39(2)31-17-9-6-14-24(31)28-21-29-26-16-8-11-19-33(26)41-35-22-34-27(20-30(35)36(37(28)39)38(29)41)25-15-7-10-18-32(25)40(34)23-12-4-3-5-13-23/h3-22H,1-2H3. The Kier molecular flexibility index (Phi) is 3.79. The predicted octanol–water partition coefficient (Wildman–Crippen LogP) is 10.2. The van der Waals surface area contributed by atoms with Gasteiger partial charge in [-0.1, -0.05) is 92.7 Å². The average molecular weight is 523 g/mol. The van der Waals surface area contributed by atoms with Crippen molar-refractivity contribution >= 4 is 59.9 Å². The number of hydrogen-bond donors (Lipinski definition) is 0. The molecule has 3 heterocycles. The van der Waals surface area contributed by atoms with Crippen molar-refractivity contribution in [2.45, 2.75) is 19.3 Å². The third-order valence-electron chi connectivity index (χ3n) is 9.79. The highest BCUT2D eigenvalue weighted by molar-refractivity contribution is 6.29.